The smallest absolute Gasteiger partial charge is 0.243 e. The number of benzene rings is 2. The molecule has 2 aromatic carbocycles. The van der Waals surface area contributed by atoms with E-state index in [1.807, 2.05) is 19.2 Å². The van der Waals surface area contributed by atoms with Crippen molar-refractivity contribution in [3.8, 4) is 0 Å². The molecule has 0 saturated carbocycles. The van der Waals surface area contributed by atoms with E-state index in [0.29, 0.717) is 5.92 Å². The van der Waals surface area contributed by atoms with Gasteiger partial charge in [-0.3, -0.25) is 4.68 Å². The highest BCUT2D eigenvalue weighted by atomic mass is 32.2. The van der Waals surface area contributed by atoms with Crippen LogP contribution >= 0.6 is 0 Å². The highest BCUT2D eigenvalue weighted by Crippen LogP contribution is 2.40. The van der Waals surface area contributed by atoms with Crippen molar-refractivity contribution in [1.29, 1.82) is 0 Å². The Hall–Kier alpha value is -2.55. The van der Waals surface area contributed by atoms with Crippen LogP contribution in [0.2, 0.25) is 0 Å². The minimum atomic E-state index is -3.62. The zero-order valence-electron chi connectivity index (χ0n) is 17.7. The van der Waals surface area contributed by atoms with Gasteiger partial charge in [-0.1, -0.05) is 30.3 Å². The standard InChI is InChI=1S/C23H27FN4O2S/c1-25-13-19-11-18-7-6-17(12-27-31(29,30)21-14-26-28(2)15-21)10-22(18)23(19)9-16-4-3-5-20(24)8-16/h3-8,10,14-15,19,23,25,27H,9,11-13H2,1-2H3. The summed E-state index contributed by atoms with van der Waals surface area (Å²) in [4.78, 5) is 0.147. The Balaban J connectivity index is 1.55. The van der Waals surface area contributed by atoms with Gasteiger partial charge in [0.1, 0.15) is 10.7 Å². The molecule has 1 aliphatic rings. The van der Waals surface area contributed by atoms with Crippen LogP contribution in [0.5, 0.6) is 0 Å². The lowest BCUT2D eigenvalue weighted by molar-refractivity contribution is 0.435. The second-order valence-corrected chi connectivity index (χ2v) is 9.94. The second-order valence-electron chi connectivity index (χ2n) is 8.17. The number of nitrogens with zero attached hydrogens (tertiary/aromatic N) is 2. The van der Waals surface area contributed by atoms with Gasteiger partial charge in [0.05, 0.1) is 6.20 Å². The van der Waals surface area contributed by atoms with E-state index < -0.39 is 10.0 Å². The molecule has 2 N–H and O–H groups in total. The molecule has 1 aliphatic carbocycles. The van der Waals surface area contributed by atoms with Crippen LogP contribution in [0, 0.1) is 11.7 Å². The first-order chi connectivity index (χ1) is 14.9. The van der Waals surface area contributed by atoms with Crippen molar-refractivity contribution in [2.75, 3.05) is 13.6 Å². The Morgan fingerprint density at radius 2 is 2.03 bits per heavy atom. The van der Waals surface area contributed by atoms with Crippen LogP contribution in [0.15, 0.2) is 59.8 Å². The number of rotatable bonds is 8. The van der Waals surface area contributed by atoms with Crippen LogP contribution in [0.25, 0.3) is 0 Å². The van der Waals surface area contributed by atoms with Crippen molar-refractivity contribution >= 4 is 10.0 Å². The predicted octanol–water partition coefficient (Wildman–Crippen LogP) is 2.76. The van der Waals surface area contributed by atoms with Crippen LogP contribution in [-0.2, 0) is 36.5 Å². The molecular weight excluding hydrogens is 415 g/mol. The number of hydrogen-bond donors (Lipinski definition) is 2. The number of aryl methyl sites for hydroxylation is 1. The third-order valence-corrected chi connectivity index (χ3v) is 7.29. The number of halogens is 1. The van der Waals surface area contributed by atoms with Gasteiger partial charge in [-0.15, -0.1) is 0 Å². The molecule has 2 atom stereocenters. The van der Waals surface area contributed by atoms with Crippen LogP contribution in [0.3, 0.4) is 0 Å². The van der Waals surface area contributed by atoms with Gasteiger partial charge in [0.15, 0.2) is 0 Å². The first kappa shape index (κ1) is 21.7. The third-order valence-electron chi connectivity index (χ3n) is 5.93. The normalized spacial score (nSPS) is 18.3. The molecule has 0 saturated heterocycles. The van der Waals surface area contributed by atoms with Crippen molar-refractivity contribution in [2.24, 2.45) is 13.0 Å². The summed E-state index contributed by atoms with van der Waals surface area (Å²) in [6.07, 6.45) is 4.52. The molecular formula is C23H27FN4O2S. The minimum Gasteiger partial charge on any atom is -0.319 e. The molecule has 0 spiro atoms. The van der Waals surface area contributed by atoms with Crippen LogP contribution in [0.4, 0.5) is 4.39 Å². The van der Waals surface area contributed by atoms with Crippen molar-refractivity contribution in [2.45, 2.75) is 30.2 Å². The fourth-order valence-corrected chi connectivity index (χ4v) is 5.44. The second kappa shape index (κ2) is 8.90. The number of hydrogen-bond acceptors (Lipinski definition) is 4. The zero-order chi connectivity index (χ0) is 22.0. The fourth-order valence-electron chi connectivity index (χ4n) is 4.43. The summed E-state index contributed by atoms with van der Waals surface area (Å²) >= 11 is 0. The quantitative estimate of drug-likeness (QED) is 0.563. The van der Waals surface area contributed by atoms with Crippen LogP contribution in [0.1, 0.15) is 28.2 Å². The zero-order valence-corrected chi connectivity index (χ0v) is 18.5. The molecule has 3 aromatic rings. The summed E-state index contributed by atoms with van der Waals surface area (Å²) < 4.78 is 42.9. The van der Waals surface area contributed by atoms with Gasteiger partial charge in [-0.2, -0.15) is 5.10 Å². The summed E-state index contributed by atoms with van der Waals surface area (Å²) in [6, 6.07) is 12.9. The molecule has 0 bridgehead atoms. The van der Waals surface area contributed by atoms with E-state index in [-0.39, 0.29) is 23.2 Å². The topological polar surface area (TPSA) is 76.0 Å². The molecule has 31 heavy (non-hydrogen) atoms. The number of aromatic nitrogens is 2. The Labute approximate surface area is 182 Å². The third kappa shape index (κ3) is 4.87. The lowest BCUT2D eigenvalue weighted by Gasteiger charge is -2.21. The molecule has 0 amide bonds. The molecule has 0 fully saturated rings. The Kier molecular flexibility index (Phi) is 6.22. The first-order valence-electron chi connectivity index (χ1n) is 10.3. The van der Waals surface area contributed by atoms with E-state index >= 15 is 0 Å². The number of sulfonamides is 1. The molecule has 2 unspecified atom stereocenters. The first-order valence-corrected chi connectivity index (χ1v) is 11.8. The fraction of sp³-hybridized carbons (Fsp3) is 0.348. The van der Waals surface area contributed by atoms with Gasteiger partial charge in [0, 0.05) is 19.8 Å². The average molecular weight is 443 g/mol. The van der Waals surface area contributed by atoms with Crippen LogP contribution < -0.4 is 10.0 Å². The van der Waals surface area contributed by atoms with Crippen molar-refractivity contribution in [3.63, 3.8) is 0 Å². The molecule has 8 heteroatoms. The molecule has 0 aliphatic heterocycles. The minimum absolute atomic E-state index is 0.147. The van der Waals surface area contributed by atoms with Crippen molar-refractivity contribution < 1.29 is 12.8 Å². The van der Waals surface area contributed by atoms with E-state index in [4.69, 9.17) is 0 Å². The molecule has 0 radical (unpaired) electrons. The number of nitrogens with one attached hydrogen (secondary N) is 2. The summed E-state index contributed by atoms with van der Waals surface area (Å²) in [7, 11) is 0.00278. The summed E-state index contributed by atoms with van der Waals surface area (Å²) in [5.74, 6) is 0.434. The maximum Gasteiger partial charge on any atom is 0.243 e. The SMILES string of the molecule is CNCC1Cc2ccc(CNS(=O)(=O)c3cnn(C)c3)cc2C1Cc1cccc(F)c1. The van der Waals surface area contributed by atoms with Gasteiger partial charge < -0.3 is 5.32 Å². The van der Waals surface area contributed by atoms with E-state index in [1.165, 1.54) is 34.3 Å². The van der Waals surface area contributed by atoms with Gasteiger partial charge in [-0.05, 0) is 72.7 Å². The van der Waals surface area contributed by atoms with Gasteiger partial charge >= 0.3 is 0 Å². The predicted molar refractivity (Wildman–Crippen MR) is 118 cm³/mol. The van der Waals surface area contributed by atoms with Gasteiger partial charge in [0.25, 0.3) is 0 Å². The maximum absolute atomic E-state index is 13.7. The molecule has 1 heterocycles. The summed E-state index contributed by atoms with van der Waals surface area (Å²) in [5.41, 5.74) is 4.38. The molecule has 6 nitrogen and oxygen atoms in total. The summed E-state index contributed by atoms with van der Waals surface area (Å²) in [5, 5.41) is 7.21. The molecule has 164 valence electrons. The van der Waals surface area contributed by atoms with Gasteiger partial charge in [0.2, 0.25) is 10.0 Å². The Bertz CT molecular complexity index is 1180. The van der Waals surface area contributed by atoms with E-state index in [1.54, 1.807) is 19.2 Å². The Morgan fingerprint density at radius 1 is 1.19 bits per heavy atom. The number of fused-ring (bicyclic) bond motifs is 1. The molecule has 1 aromatic heterocycles. The Morgan fingerprint density at radius 3 is 2.74 bits per heavy atom. The largest absolute Gasteiger partial charge is 0.319 e. The lowest BCUT2D eigenvalue weighted by Crippen LogP contribution is -2.24. The average Bonchev–Trinajstić information content (AvgIpc) is 3.31. The monoisotopic (exact) mass is 442 g/mol. The van der Waals surface area contributed by atoms with Gasteiger partial charge in [-0.25, -0.2) is 17.5 Å². The maximum atomic E-state index is 13.7. The summed E-state index contributed by atoms with van der Waals surface area (Å²) in [6.45, 7) is 1.07. The highest BCUT2D eigenvalue weighted by Gasteiger charge is 2.32. The van der Waals surface area contributed by atoms with E-state index in [2.05, 4.69) is 27.3 Å². The van der Waals surface area contributed by atoms with Crippen LogP contribution in [-0.4, -0.2) is 31.8 Å². The van der Waals surface area contributed by atoms with E-state index in [0.717, 1.165) is 30.5 Å². The lowest BCUT2D eigenvalue weighted by atomic mass is 9.86. The highest BCUT2D eigenvalue weighted by molar-refractivity contribution is 7.89. The van der Waals surface area contributed by atoms with E-state index in [9.17, 15) is 12.8 Å². The molecule has 4 rings (SSSR count). The van der Waals surface area contributed by atoms with Crippen molar-refractivity contribution in [3.05, 3.63) is 82.9 Å². The van der Waals surface area contributed by atoms with Crippen molar-refractivity contribution in [1.82, 2.24) is 19.8 Å².